The van der Waals surface area contributed by atoms with Crippen LogP contribution in [0, 0.1) is 18.8 Å². The number of carbonyl (C=O) groups excluding carboxylic acids is 2. The van der Waals surface area contributed by atoms with Gasteiger partial charge in [0.25, 0.3) is 0 Å². The number of rotatable bonds is 5. The zero-order chi connectivity index (χ0) is 25.8. The van der Waals surface area contributed by atoms with Gasteiger partial charge in [-0.1, -0.05) is 19.9 Å². The lowest BCUT2D eigenvalue weighted by molar-refractivity contribution is -0.106. The number of carbonyl (C=O) groups is 2. The minimum Gasteiger partial charge on any atom is -0.372 e. The summed E-state index contributed by atoms with van der Waals surface area (Å²) in [5.41, 5.74) is 10.8. The summed E-state index contributed by atoms with van der Waals surface area (Å²) in [5.74, 6) is 1.48. The minimum absolute atomic E-state index is 0.250. The molecule has 4 rings (SSSR count). The molecule has 0 spiro atoms. The molecular weight excluding hydrogens is 440 g/mol. The molecule has 1 amide bonds. The lowest BCUT2D eigenvalue weighted by atomic mass is 9.95. The summed E-state index contributed by atoms with van der Waals surface area (Å²) in [6, 6.07) is 10.5. The fourth-order valence-corrected chi connectivity index (χ4v) is 4.01. The van der Waals surface area contributed by atoms with Crippen LogP contribution < -0.4 is 16.0 Å². The van der Waals surface area contributed by atoms with Crippen LogP contribution in [0.1, 0.15) is 36.3 Å². The summed E-state index contributed by atoms with van der Waals surface area (Å²) < 4.78 is 0. The number of hydrogen-bond donors (Lipinski definition) is 2. The first-order chi connectivity index (χ1) is 16.9. The molecule has 1 aliphatic rings. The van der Waals surface area contributed by atoms with Crippen LogP contribution in [0.5, 0.6) is 0 Å². The molecule has 3 aromatic rings. The Morgan fingerprint density at radius 2 is 1.77 bits per heavy atom. The summed E-state index contributed by atoms with van der Waals surface area (Å²) in [4.78, 5) is 34.8. The van der Waals surface area contributed by atoms with Crippen molar-refractivity contribution in [2.24, 2.45) is 17.6 Å². The van der Waals surface area contributed by atoms with E-state index in [9.17, 15) is 4.79 Å². The molecule has 3 heterocycles. The van der Waals surface area contributed by atoms with Crippen LogP contribution in [-0.2, 0) is 4.79 Å². The molecule has 35 heavy (non-hydrogen) atoms. The Labute approximate surface area is 208 Å². The third-order valence-corrected chi connectivity index (χ3v) is 5.91. The van der Waals surface area contributed by atoms with E-state index in [2.05, 4.69) is 75.9 Å². The predicted molar refractivity (Wildman–Crippen MR) is 141 cm³/mol. The van der Waals surface area contributed by atoms with Crippen molar-refractivity contribution >= 4 is 18.4 Å². The maximum atomic E-state index is 11.0. The second-order valence-corrected chi connectivity index (χ2v) is 8.78. The number of primary amides is 1. The fourth-order valence-electron chi connectivity index (χ4n) is 4.01. The van der Waals surface area contributed by atoms with Crippen LogP contribution >= 0.6 is 0 Å². The summed E-state index contributed by atoms with van der Waals surface area (Å²) in [5, 5.41) is 2.75. The van der Waals surface area contributed by atoms with Gasteiger partial charge >= 0.3 is 0 Å². The van der Waals surface area contributed by atoms with E-state index in [1.807, 2.05) is 20.3 Å². The number of anilines is 1. The van der Waals surface area contributed by atoms with Gasteiger partial charge in [0.05, 0.1) is 5.69 Å². The number of pyridine rings is 1. The molecule has 1 atom stereocenters. The van der Waals surface area contributed by atoms with Gasteiger partial charge < -0.3 is 16.0 Å². The predicted octanol–water partition coefficient (Wildman–Crippen LogP) is 3.75. The van der Waals surface area contributed by atoms with Gasteiger partial charge in [-0.25, -0.2) is 9.97 Å². The monoisotopic (exact) mass is 476 g/mol. The van der Waals surface area contributed by atoms with Gasteiger partial charge in [-0.15, -0.1) is 0 Å². The van der Waals surface area contributed by atoms with Crippen molar-refractivity contribution in [2.75, 3.05) is 32.1 Å². The molecule has 0 radical (unpaired) electrons. The molecule has 1 fully saturated rings. The van der Waals surface area contributed by atoms with E-state index in [0.717, 1.165) is 42.3 Å². The number of benzene rings is 1. The smallest absolute Gasteiger partial charge is 0.204 e. The third kappa shape index (κ3) is 7.68. The highest BCUT2D eigenvalue weighted by Gasteiger charge is 2.25. The highest BCUT2D eigenvalue weighted by molar-refractivity contribution is 5.77. The summed E-state index contributed by atoms with van der Waals surface area (Å²) in [6.07, 6.45) is 7.31. The molecule has 1 unspecified atom stereocenters. The van der Waals surface area contributed by atoms with Gasteiger partial charge in [0, 0.05) is 42.3 Å². The van der Waals surface area contributed by atoms with E-state index >= 15 is 0 Å². The molecule has 1 saturated heterocycles. The van der Waals surface area contributed by atoms with Crippen LogP contribution in [0.3, 0.4) is 0 Å². The Morgan fingerprint density at radius 1 is 1.09 bits per heavy atom. The summed E-state index contributed by atoms with van der Waals surface area (Å²) >= 11 is 0. The van der Waals surface area contributed by atoms with Crippen molar-refractivity contribution in [3.05, 3.63) is 60.3 Å². The Balaban J connectivity index is 0.000000655. The molecule has 0 aliphatic carbocycles. The van der Waals surface area contributed by atoms with Gasteiger partial charge in [0.15, 0.2) is 6.29 Å². The van der Waals surface area contributed by atoms with E-state index < -0.39 is 0 Å². The zero-order valence-corrected chi connectivity index (χ0v) is 21.2. The van der Waals surface area contributed by atoms with Crippen LogP contribution in [0.15, 0.2) is 49.1 Å². The average molecular weight is 477 g/mol. The average Bonchev–Trinajstić information content (AvgIpc) is 3.36. The quantitative estimate of drug-likeness (QED) is 0.539. The second kappa shape index (κ2) is 13.9. The van der Waals surface area contributed by atoms with Crippen LogP contribution in [0.2, 0.25) is 0 Å². The maximum absolute atomic E-state index is 11.0. The van der Waals surface area contributed by atoms with Crippen molar-refractivity contribution in [1.82, 2.24) is 20.3 Å². The second-order valence-electron chi connectivity index (χ2n) is 8.78. The first kappa shape index (κ1) is 27.6. The van der Waals surface area contributed by atoms with E-state index in [0.29, 0.717) is 11.4 Å². The minimum atomic E-state index is 0.250. The molecule has 8 nitrogen and oxygen atoms in total. The Bertz CT molecular complexity index is 1100. The molecule has 186 valence electrons. The van der Waals surface area contributed by atoms with Gasteiger partial charge in [-0.3, -0.25) is 14.6 Å². The summed E-state index contributed by atoms with van der Waals surface area (Å²) in [6.45, 7) is 8.99. The zero-order valence-electron chi connectivity index (χ0n) is 21.2. The van der Waals surface area contributed by atoms with E-state index in [1.165, 1.54) is 29.6 Å². The topological polar surface area (TPSA) is 114 Å². The number of nitrogens with two attached hydrogens (primary N) is 1. The number of nitrogens with one attached hydrogen (secondary N) is 1. The van der Waals surface area contributed by atoms with Crippen LogP contribution in [0.25, 0.3) is 22.4 Å². The van der Waals surface area contributed by atoms with Crippen molar-refractivity contribution < 1.29 is 9.59 Å². The first-order valence-electron chi connectivity index (χ1n) is 11.7. The summed E-state index contributed by atoms with van der Waals surface area (Å²) in [7, 11) is 3.75. The van der Waals surface area contributed by atoms with Gasteiger partial charge in [0.2, 0.25) is 6.41 Å². The highest BCUT2D eigenvalue weighted by Crippen LogP contribution is 2.33. The lowest BCUT2D eigenvalue weighted by Gasteiger charge is -2.21. The number of hydrogen-bond acceptors (Lipinski definition) is 7. The third-order valence-electron chi connectivity index (χ3n) is 5.91. The van der Waals surface area contributed by atoms with E-state index in [4.69, 9.17) is 4.79 Å². The maximum Gasteiger partial charge on any atom is 0.204 e. The number of nitrogens with zero attached hydrogens (tertiary/aromatic N) is 4. The molecule has 0 saturated carbocycles. The molecule has 8 heteroatoms. The molecular formula is C27H36N6O2. The number of amides is 1. The van der Waals surface area contributed by atoms with Gasteiger partial charge in [0.1, 0.15) is 12.0 Å². The van der Waals surface area contributed by atoms with Gasteiger partial charge in [-0.2, -0.15) is 0 Å². The van der Waals surface area contributed by atoms with Gasteiger partial charge in [-0.05, 0) is 74.7 Å². The van der Waals surface area contributed by atoms with Crippen molar-refractivity contribution in [3.63, 3.8) is 0 Å². The first-order valence-corrected chi connectivity index (χ1v) is 11.7. The van der Waals surface area contributed by atoms with E-state index in [1.54, 1.807) is 12.3 Å². The molecule has 1 aliphatic heterocycles. The normalized spacial score (nSPS) is 14.5. The standard InChI is InChI=1S/C24H26N4O.C2H7N.CH3NO/c1-16(2)18-6-7-28(13-18)22-5-4-17(3)23(10-22)19-8-20(12-25-11-19)24-9-21(14-29)26-15-27-24;1-3-2;2-1-3/h4-5,8-12,14-16,18H,6-7,13H2,1-3H3;3H,1-2H3;1H,(H2,2,3). The molecule has 0 bridgehead atoms. The van der Waals surface area contributed by atoms with Crippen molar-refractivity contribution in [1.29, 1.82) is 0 Å². The molecule has 1 aromatic carbocycles. The Morgan fingerprint density at radius 3 is 2.40 bits per heavy atom. The highest BCUT2D eigenvalue weighted by atomic mass is 16.1. The molecule has 3 N–H and O–H groups in total. The van der Waals surface area contributed by atoms with Crippen molar-refractivity contribution in [2.45, 2.75) is 27.2 Å². The Kier molecular flexibility index (Phi) is 11.0. The Hall–Kier alpha value is -3.65. The lowest BCUT2D eigenvalue weighted by Crippen LogP contribution is -2.21. The van der Waals surface area contributed by atoms with E-state index in [-0.39, 0.29) is 6.41 Å². The number of aldehydes is 1. The fraction of sp³-hybridized carbons (Fsp3) is 0.370. The largest absolute Gasteiger partial charge is 0.372 e. The number of aromatic nitrogens is 3. The molecule has 2 aromatic heterocycles. The van der Waals surface area contributed by atoms with Crippen LogP contribution in [0.4, 0.5) is 5.69 Å². The van der Waals surface area contributed by atoms with Crippen molar-refractivity contribution in [3.8, 4) is 22.4 Å². The SMILES string of the molecule is CNC.Cc1ccc(N2CCC(C(C)C)C2)cc1-c1cncc(-c2cc(C=O)ncn2)c1.NC=O. The number of aryl methyl sites for hydroxylation is 1. The van der Waals surface area contributed by atoms with Crippen LogP contribution in [-0.4, -0.2) is 54.8 Å².